The van der Waals surface area contributed by atoms with Gasteiger partial charge in [-0.15, -0.1) is 11.1 Å². The Morgan fingerprint density at radius 3 is 2.77 bits per heavy atom. The van der Waals surface area contributed by atoms with Crippen LogP contribution in [0.3, 0.4) is 0 Å². The molecule has 0 fully saturated rings. The molecule has 0 saturated heterocycles. The molecule has 3 aromatic rings. The number of nitrogens with two attached hydrogens (primary N) is 1. The van der Waals surface area contributed by atoms with Crippen LogP contribution in [0.4, 0.5) is 5.82 Å². The molecular formula is C20H22N6O3S2. The number of nitrogen functional groups attached to an aromatic ring is 1. The summed E-state index contributed by atoms with van der Waals surface area (Å²) >= 11 is 0.186. The van der Waals surface area contributed by atoms with Crippen LogP contribution >= 0.6 is 11.8 Å². The molecule has 0 spiro atoms. The molecule has 0 aliphatic carbocycles. The average Bonchev–Trinajstić information content (AvgIpc) is 3.31. The predicted molar refractivity (Wildman–Crippen MR) is 120 cm³/mol. The molecule has 11 heteroatoms. The van der Waals surface area contributed by atoms with Gasteiger partial charge >= 0.3 is 0 Å². The summed E-state index contributed by atoms with van der Waals surface area (Å²) in [6.45, 7) is 6.84. The molecule has 9 nitrogen and oxygen atoms in total. The van der Waals surface area contributed by atoms with Crippen LogP contribution in [0.2, 0.25) is 0 Å². The first-order chi connectivity index (χ1) is 14.8. The van der Waals surface area contributed by atoms with Gasteiger partial charge in [-0.05, 0) is 26.8 Å². The highest BCUT2D eigenvalue weighted by Gasteiger charge is 2.26. The van der Waals surface area contributed by atoms with Crippen molar-refractivity contribution in [3.8, 4) is 23.8 Å². The van der Waals surface area contributed by atoms with Crippen molar-refractivity contribution in [3.63, 3.8) is 0 Å². The van der Waals surface area contributed by atoms with Crippen molar-refractivity contribution in [3.05, 3.63) is 24.0 Å². The molecule has 0 saturated carbocycles. The van der Waals surface area contributed by atoms with Gasteiger partial charge in [0.05, 0.1) is 6.54 Å². The Labute approximate surface area is 187 Å². The van der Waals surface area contributed by atoms with Gasteiger partial charge in [0, 0.05) is 34.4 Å². The Bertz CT molecular complexity index is 1170. The highest BCUT2D eigenvalue weighted by Crippen LogP contribution is 2.41. The summed E-state index contributed by atoms with van der Waals surface area (Å²) < 4.78 is 27.9. The molecule has 2 aromatic heterocycles. The van der Waals surface area contributed by atoms with E-state index in [0.29, 0.717) is 52.3 Å². The van der Waals surface area contributed by atoms with Crippen molar-refractivity contribution < 1.29 is 14.0 Å². The van der Waals surface area contributed by atoms with Gasteiger partial charge in [0.25, 0.3) is 0 Å². The number of hydrogen-bond donors (Lipinski definition) is 2. The molecule has 0 amide bonds. The lowest BCUT2D eigenvalue weighted by molar-refractivity contribution is 0.174. The average molecular weight is 459 g/mol. The lowest BCUT2D eigenvalue weighted by atomic mass is 10.2. The number of ether oxygens (including phenoxy) is 2. The highest BCUT2D eigenvalue weighted by atomic mass is 32.2. The van der Waals surface area contributed by atoms with Crippen molar-refractivity contribution in [2.24, 2.45) is 0 Å². The summed E-state index contributed by atoms with van der Waals surface area (Å²) in [5, 5.41) is 0.640. The van der Waals surface area contributed by atoms with Crippen LogP contribution in [-0.2, 0) is 17.9 Å². The number of hydrogen-bond acceptors (Lipinski definition) is 9. The minimum absolute atomic E-state index is 0.161. The van der Waals surface area contributed by atoms with Crippen molar-refractivity contribution >= 4 is 40.1 Å². The first kappa shape index (κ1) is 21.6. The molecular weight excluding hydrogens is 436 g/mol. The van der Waals surface area contributed by atoms with Crippen molar-refractivity contribution in [2.45, 2.75) is 42.1 Å². The molecule has 3 N–H and O–H groups in total. The number of imidazole rings is 1. The molecule has 0 bridgehead atoms. The second-order valence-corrected chi connectivity index (χ2v) is 10.8. The van der Waals surface area contributed by atoms with E-state index in [0.717, 1.165) is 4.90 Å². The van der Waals surface area contributed by atoms with Crippen LogP contribution in [-0.4, -0.2) is 42.2 Å². The Kier molecular flexibility index (Phi) is 5.90. The monoisotopic (exact) mass is 458 g/mol. The summed E-state index contributed by atoms with van der Waals surface area (Å²) in [6, 6.07) is 3.62. The van der Waals surface area contributed by atoms with E-state index < -0.39 is 11.4 Å². The van der Waals surface area contributed by atoms with Crippen molar-refractivity contribution in [1.82, 2.24) is 24.2 Å². The lowest BCUT2D eigenvalue weighted by Crippen LogP contribution is -2.40. The topological polar surface area (TPSA) is 123 Å². The number of aromatic nitrogens is 4. The Morgan fingerprint density at radius 2 is 2.06 bits per heavy atom. The van der Waals surface area contributed by atoms with Crippen LogP contribution in [0.5, 0.6) is 11.5 Å². The van der Waals surface area contributed by atoms with Gasteiger partial charge in [-0.2, -0.15) is 0 Å². The third kappa shape index (κ3) is 4.38. The second-order valence-electron chi connectivity index (χ2n) is 7.70. The van der Waals surface area contributed by atoms with Gasteiger partial charge in [-0.3, -0.25) is 0 Å². The van der Waals surface area contributed by atoms with Crippen molar-refractivity contribution in [1.29, 1.82) is 0 Å². The van der Waals surface area contributed by atoms with E-state index in [-0.39, 0.29) is 11.5 Å². The maximum absolute atomic E-state index is 12.4. The van der Waals surface area contributed by atoms with Crippen molar-refractivity contribution in [2.75, 3.05) is 19.1 Å². The number of benzene rings is 1. The van der Waals surface area contributed by atoms with E-state index in [2.05, 4.69) is 25.6 Å². The SMILES string of the molecule is C#Cc1cc2c(cc1Sc1nc3c(N)ncnc3n1CCN[S+]([O-])C(C)(C)C)OCO2. The molecule has 1 aromatic carbocycles. The van der Waals surface area contributed by atoms with Crippen LogP contribution in [0, 0.1) is 12.3 Å². The number of terminal acetylenes is 1. The van der Waals surface area contributed by atoms with Gasteiger partial charge in [-0.1, -0.05) is 17.7 Å². The largest absolute Gasteiger partial charge is 0.598 e. The van der Waals surface area contributed by atoms with Crippen LogP contribution in [0.15, 0.2) is 28.5 Å². The summed E-state index contributed by atoms with van der Waals surface area (Å²) in [4.78, 5) is 13.8. The summed E-state index contributed by atoms with van der Waals surface area (Å²) in [5.41, 5.74) is 7.79. The molecule has 1 unspecified atom stereocenters. The molecule has 1 aliphatic rings. The smallest absolute Gasteiger partial charge is 0.231 e. The van der Waals surface area contributed by atoms with E-state index >= 15 is 0 Å². The van der Waals surface area contributed by atoms with Crippen LogP contribution in [0.1, 0.15) is 26.3 Å². The normalized spacial score (nSPS) is 14.0. The third-order valence-electron chi connectivity index (χ3n) is 4.48. The zero-order chi connectivity index (χ0) is 22.2. The Hall–Kier alpha value is -2.65. The molecule has 1 aliphatic heterocycles. The summed E-state index contributed by atoms with van der Waals surface area (Å²) in [5.74, 6) is 4.23. The van der Waals surface area contributed by atoms with E-state index in [9.17, 15) is 4.55 Å². The standard InChI is InChI=1S/C20H22N6O3S2/c1-5-12-8-13-14(29-11-28-13)9-15(12)30-19-25-16-17(21)22-10-23-18(16)26(19)7-6-24-31(27)20(2,3)4/h1,8-10,24H,6-7,11H2,2-4H3,(H2,21,22,23). The maximum Gasteiger partial charge on any atom is 0.231 e. The van der Waals surface area contributed by atoms with Crippen LogP contribution < -0.4 is 19.9 Å². The second kappa shape index (κ2) is 8.47. The lowest BCUT2D eigenvalue weighted by Gasteiger charge is -2.23. The first-order valence-electron chi connectivity index (χ1n) is 9.48. The molecule has 4 rings (SSSR count). The molecule has 31 heavy (non-hydrogen) atoms. The van der Waals surface area contributed by atoms with E-state index in [1.807, 2.05) is 31.4 Å². The molecule has 162 valence electrons. The van der Waals surface area contributed by atoms with E-state index in [1.165, 1.54) is 18.1 Å². The molecule has 1 atom stereocenters. The molecule has 0 radical (unpaired) electrons. The zero-order valence-electron chi connectivity index (χ0n) is 17.3. The molecule has 3 heterocycles. The Morgan fingerprint density at radius 1 is 1.32 bits per heavy atom. The number of rotatable bonds is 6. The summed E-state index contributed by atoms with van der Waals surface area (Å²) in [7, 11) is 0. The summed E-state index contributed by atoms with van der Waals surface area (Å²) in [6.07, 6.45) is 7.12. The van der Waals surface area contributed by atoms with Gasteiger partial charge in [0.1, 0.15) is 11.1 Å². The van der Waals surface area contributed by atoms with Gasteiger partial charge in [-0.25, -0.2) is 15.0 Å². The van der Waals surface area contributed by atoms with E-state index in [4.69, 9.17) is 21.6 Å². The first-order valence-corrected chi connectivity index (χ1v) is 11.4. The fourth-order valence-corrected chi connectivity index (χ4v) is 4.62. The number of nitrogens with zero attached hydrogens (tertiary/aromatic N) is 4. The van der Waals surface area contributed by atoms with Gasteiger partial charge in [0.15, 0.2) is 33.6 Å². The quantitative estimate of drug-likeness (QED) is 0.423. The minimum atomic E-state index is -1.19. The number of anilines is 1. The minimum Gasteiger partial charge on any atom is -0.598 e. The van der Waals surface area contributed by atoms with Crippen LogP contribution in [0.25, 0.3) is 11.2 Å². The maximum atomic E-state index is 12.4. The van der Waals surface area contributed by atoms with Gasteiger partial charge < -0.3 is 24.3 Å². The highest BCUT2D eigenvalue weighted by molar-refractivity contribution is 7.99. The Balaban J connectivity index is 1.67. The van der Waals surface area contributed by atoms with Gasteiger partial charge in [0.2, 0.25) is 6.79 Å². The predicted octanol–water partition coefficient (Wildman–Crippen LogP) is 2.32. The fraction of sp³-hybridized carbons (Fsp3) is 0.350. The third-order valence-corrected chi connectivity index (χ3v) is 7.11. The number of fused-ring (bicyclic) bond motifs is 2. The number of nitrogens with one attached hydrogen (secondary N) is 1. The fourth-order valence-electron chi connectivity index (χ4n) is 2.90. The zero-order valence-corrected chi connectivity index (χ0v) is 19.0. The van der Waals surface area contributed by atoms with E-state index in [1.54, 1.807) is 6.07 Å².